The van der Waals surface area contributed by atoms with Gasteiger partial charge in [-0.25, -0.2) is 0 Å². The second kappa shape index (κ2) is 6.68. The van der Waals surface area contributed by atoms with Crippen LogP contribution < -0.4 is 0 Å². The quantitative estimate of drug-likeness (QED) is 0.442. The van der Waals surface area contributed by atoms with E-state index in [9.17, 15) is 6.80 Å². The van der Waals surface area contributed by atoms with Crippen LogP contribution in [0.5, 0.6) is 0 Å². The van der Waals surface area contributed by atoms with Crippen molar-refractivity contribution in [1.82, 2.24) is 0 Å². The van der Waals surface area contributed by atoms with Gasteiger partial charge in [-0.05, 0) is 0 Å². The molecule has 0 radical (unpaired) electrons. The Morgan fingerprint density at radius 2 is 1.33 bits per heavy atom. The molecule has 0 saturated heterocycles. The van der Waals surface area contributed by atoms with Crippen molar-refractivity contribution in [3.63, 3.8) is 0 Å². The standard InChI is InChI=1S/2Mo.2O.S2/c;;;;1-2/q2*+1;;;-2. The van der Waals surface area contributed by atoms with Crippen LogP contribution in [0.2, 0.25) is 0 Å². The first-order valence-corrected chi connectivity index (χ1v) is 9.39. The molecule has 2 nitrogen and oxygen atoms in total. The van der Waals surface area contributed by atoms with Gasteiger partial charge in [0.2, 0.25) is 0 Å². The van der Waals surface area contributed by atoms with Gasteiger partial charge in [0.1, 0.15) is 0 Å². The zero-order chi connectivity index (χ0) is 4.83. The van der Waals surface area contributed by atoms with Gasteiger partial charge in [-0.2, -0.15) is 0 Å². The second-order valence-corrected chi connectivity index (χ2v) is 9.66. The fourth-order valence-corrected chi connectivity index (χ4v) is 7.14. The van der Waals surface area contributed by atoms with Crippen molar-refractivity contribution in [2.45, 2.75) is 0 Å². The van der Waals surface area contributed by atoms with Crippen LogP contribution in [0.4, 0.5) is 0 Å². The Hall–Kier alpha value is 1.68. The van der Waals surface area contributed by atoms with E-state index in [1.54, 1.807) is 0 Å². The predicted octanol–water partition coefficient (Wildman–Crippen LogP) is 1.05. The molecule has 0 unspecified atom stereocenters. The molecule has 0 N–H and O–H groups in total. The van der Waals surface area contributed by atoms with Crippen molar-refractivity contribution in [3.05, 3.63) is 0 Å². The van der Waals surface area contributed by atoms with Crippen LogP contribution in [-0.2, 0) is 41.3 Å². The van der Waals surface area contributed by atoms with Crippen molar-refractivity contribution in [2.75, 3.05) is 0 Å². The summed E-state index contributed by atoms with van der Waals surface area (Å²) in [5.74, 6) is 0. The van der Waals surface area contributed by atoms with Crippen molar-refractivity contribution in [1.29, 1.82) is 0 Å². The zero-order valence-corrected chi connectivity index (χ0v) is 8.10. The molecule has 0 bridgehead atoms. The normalized spacial score (nSPS) is 7.33. The van der Waals surface area contributed by atoms with Crippen molar-refractivity contribution in [2.24, 2.45) is 0 Å². The van der Waals surface area contributed by atoms with E-state index in [4.69, 9.17) is 0 Å². The van der Waals surface area contributed by atoms with Gasteiger partial charge in [-0.1, -0.05) is 0 Å². The van der Waals surface area contributed by atoms with Gasteiger partial charge in [0.25, 0.3) is 0 Å². The van der Waals surface area contributed by atoms with E-state index in [1.165, 1.54) is 17.0 Å². The average Bonchev–Trinajstić information content (AvgIpc) is 1.61. The van der Waals surface area contributed by atoms with Crippen LogP contribution in [0.15, 0.2) is 0 Å². The Balaban J connectivity index is 2.66. The third kappa shape index (κ3) is 5.68. The van der Waals surface area contributed by atoms with Crippen molar-refractivity contribution >= 4 is 17.0 Å². The molecule has 0 saturated carbocycles. The number of hydrogen-bond acceptors (Lipinski definition) is 4. The zero-order valence-electron chi connectivity index (χ0n) is 2.45. The van der Waals surface area contributed by atoms with Gasteiger partial charge in [0.05, 0.1) is 0 Å². The molecule has 0 rings (SSSR count). The first-order valence-electron chi connectivity index (χ1n) is 0.833. The summed E-state index contributed by atoms with van der Waals surface area (Å²) >= 11 is -2.15. The van der Waals surface area contributed by atoms with Crippen molar-refractivity contribution in [3.8, 4) is 0 Å². The molecule has 0 aliphatic heterocycles. The van der Waals surface area contributed by atoms with E-state index >= 15 is 0 Å². The topological polar surface area (TPSA) is 34.1 Å². The van der Waals surface area contributed by atoms with Crippen LogP contribution in [-0.4, -0.2) is 0 Å². The minimum atomic E-state index is -1.07. The summed E-state index contributed by atoms with van der Waals surface area (Å²) in [6, 6.07) is 0. The van der Waals surface area contributed by atoms with E-state index in [2.05, 4.69) is 0 Å². The maximum absolute atomic E-state index is 9.64. The fraction of sp³-hybridized carbons (Fsp3) is 0. The monoisotopic (exact) mass is 292 g/mol. The molecule has 0 aromatic heterocycles. The summed E-state index contributed by atoms with van der Waals surface area (Å²) in [6.45, 7) is 0. The van der Waals surface area contributed by atoms with Gasteiger partial charge in [-0.3, -0.25) is 0 Å². The Kier molecular flexibility index (Phi) is 8.54. The Labute approximate surface area is 57.7 Å². The fourth-order valence-electron chi connectivity index (χ4n) is 0.0227. The first kappa shape index (κ1) is 7.68. The summed E-state index contributed by atoms with van der Waals surface area (Å²) in [5, 5.41) is 0. The molecule has 0 aromatic rings. The summed E-state index contributed by atoms with van der Waals surface area (Å²) in [6.07, 6.45) is 0. The molecule has 0 aliphatic rings. The second-order valence-electron chi connectivity index (χ2n) is 0.272. The molecule has 0 spiro atoms. The third-order valence-corrected chi connectivity index (χ3v) is 11.7. The predicted molar refractivity (Wildman–Crippen MR) is 16.6 cm³/mol. The summed E-state index contributed by atoms with van der Waals surface area (Å²) in [7, 11) is 2.49. The molecule has 0 aromatic carbocycles. The van der Waals surface area contributed by atoms with Crippen LogP contribution in [0, 0.1) is 0 Å². The molecule has 0 atom stereocenters. The third-order valence-electron chi connectivity index (χ3n) is 0.0833. The summed E-state index contributed by atoms with van der Waals surface area (Å²) in [5.41, 5.74) is 0. The van der Waals surface area contributed by atoms with Gasteiger partial charge in [0, 0.05) is 0 Å². The van der Waals surface area contributed by atoms with E-state index < -0.39 is 34.5 Å². The summed E-state index contributed by atoms with van der Waals surface area (Å²) in [4.78, 5) is 0. The minimum absolute atomic E-state index is 1.07. The van der Waals surface area contributed by atoms with E-state index in [0.29, 0.717) is 0 Å². The number of hydrogen-bond donors (Lipinski definition) is 0. The maximum atomic E-state index is 9.64. The Morgan fingerprint density at radius 1 is 1.00 bits per heavy atom. The van der Waals surface area contributed by atoms with Gasteiger partial charge in [0.15, 0.2) is 0 Å². The molecule has 0 amide bonds. The molecule has 6 heavy (non-hydrogen) atoms. The van der Waals surface area contributed by atoms with E-state index in [1.807, 2.05) is 0 Å². The van der Waals surface area contributed by atoms with Crippen LogP contribution in [0.1, 0.15) is 0 Å². The van der Waals surface area contributed by atoms with Gasteiger partial charge >= 0.3 is 58.3 Å². The Morgan fingerprint density at radius 3 is 1.50 bits per heavy atom. The molecule has 0 aliphatic carbocycles. The Bertz CT molecular complexity index is 45.5. The SMILES string of the molecule is [O]=[Mo][S][S][Mo]=[O]. The van der Waals surface area contributed by atoms with Gasteiger partial charge < -0.3 is 0 Å². The van der Waals surface area contributed by atoms with Crippen LogP contribution in [0.3, 0.4) is 0 Å². The summed E-state index contributed by atoms with van der Waals surface area (Å²) < 4.78 is 19.3. The van der Waals surface area contributed by atoms with Gasteiger partial charge in [-0.15, -0.1) is 0 Å². The molecular formula is Mo2O2S2. The number of rotatable bonds is 3. The molecular weight excluding hydrogens is 288 g/mol. The molecule has 0 heterocycles. The molecule has 36 valence electrons. The average molecular weight is 288 g/mol. The van der Waals surface area contributed by atoms with E-state index in [0.717, 1.165) is 0 Å². The van der Waals surface area contributed by atoms with Crippen molar-refractivity contribution < 1.29 is 41.3 Å². The molecule has 0 fully saturated rings. The van der Waals surface area contributed by atoms with E-state index in [-0.39, 0.29) is 0 Å². The molecule has 6 heteroatoms. The first-order chi connectivity index (χ1) is 2.91. The van der Waals surface area contributed by atoms with Crippen LogP contribution in [0.25, 0.3) is 0 Å². The van der Waals surface area contributed by atoms with Crippen LogP contribution >= 0.6 is 17.0 Å².